The van der Waals surface area contributed by atoms with Gasteiger partial charge in [0.15, 0.2) is 0 Å². The predicted octanol–water partition coefficient (Wildman–Crippen LogP) is 2.72. The molecule has 0 saturated heterocycles. The summed E-state index contributed by atoms with van der Waals surface area (Å²) in [5, 5.41) is 8.82. The maximum absolute atomic E-state index is 12.6. The Bertz CT molecular complexity index is 560. The average Bonchev–Trinajstić information content (AvgIpc) is 2.44. The lowest BCUT2D eigenvalue weighted by molar-refractivity contribution is -0.136. The number of rotatable bonds is 5. The third kappa shape index (κ3) is 2.94. The summed E-state index contributed by atoms with van der Waals surface area (Å²) in [5.41, 5.74) is 3.10. The van der Waals surface area contributed by atoms with Crippen LogP contribution in [0.25, 0.3) is 0 Å². The normalized spacial score (nSPS) is 15.7. The Balaban J connectivity index is 2.49. The molecular weight excluding hydrogens is 254 g/mol. The maximum atomic E-state index is 12.6. The lowest BCUT2D eigenvalue weighted by Gasteiger charge is -2.25. The minimum Gasteiger partial charge on any atom is -0.481 e. The number of carboxylic acid groups (broad SMARTS) is 1. The van der Waals surface area contributed by atoms with Crippen molar-refractivity contribution in [1.29, 1.82) is 0 Å². The van der Waals surface area contributed by atoms with Crippen molar-refractivity contribution in [2.45, 2.75) is 64.8 Å². The molecule has 1 heterocycles. The molecule has 2 rings (SSSR count). The second-order valence-corrected chi connectivity index (χ2v) is 5.67. The van der Waals surface area contributed by atoms with E-state index in [1.54, 1.807) is 0 Å². The molecule has 0 spiro atoms. The molecule has 0 aliphatic heterocycles. The Labute approximate surface area is 119 Å². The van der Waals surface area contributed by atoms with E-state index < -0.39 is 5.97 Å². The summed E-state index contributed by atoms with van der Waals surface area (Å²) in [4.78, 5) is 23.4. The SMILES string of the molecule is CCC(C)n1c2c(cc(CCC(=O)O)c1=O)CCCC2. The van der Waals surface area contributed by atoms with Crippen LogP contribution in [0.2, 0.25) is 0 Å². The molecule has 0 fully saturated rings. The molecule has 1 aliphatic rings. The highest BCUT2D eigenvalue weighted by molar-refractivity contribution is 5.67. The Morgan fingerprint density at radius 2 is 2.10 bits per heavy atom. The van der Waals surface area contributed by atoms with Crippen molar-refractivity contribution < 1.29 is 9.90 Å². The third-order valence-electron chi connectivity index (χ3n) is 4.25. The largest absolute Gasteiger partial charge is 0.481 e. The molecular formula is C16H23NO3. The average molecular weight is 277 g/mol. The first-order valence-corrected chi connectivity index (χ1v) is 7.52. The van der Waals surface area contributed by atoms with Gasteiger partial charge in [-0.1, -0.05) is 6.92 Å². The van der Waals surface area contributed by atoms with Crippen LogP contribution in [-0.4, -0.2) is 15.6 Å². The van der Waals surface area contributed by atoms with E-state index in [1.165, 1.54) is 11.3 Å². The molecule has 1 atom stereocenters. The highest BCUT2D eigenvalue weighted by Crippen LogP contribution is 2.24. The van der Waals surface area contributed by atoms with E-state index in [0.29, 0.717) is 12.0 Å². The fourth-order valence-corrected chi connectivity index (χ4v) is 2.96. The van der Waals surface area contributed by atoms with Crippen molar-refractivity contribution in [3.8, 4) is 0 Å². The molecule has 4 heteroatoms. The standard InChI is InChI=1S/C16H23NO3/c1-3-11(2)17-14-7-5-4-6-12(14)10-13(16(17)20)8-9-15(18)19/h10-11H,3-9H2,1-2H3,(H,18,19). The van der Waals surface area contributed by atoms with Crippen LogP contribution in [0.4, 0.5) is 0 Å². The van der Waals surface area contributed by atoms with Gasteiger partial charge in [-0.05, 0) is 57.1 Å². The van der Waals surface area contributed by atoms with Crippen molar-refractivity contribution in [2.24, 2.45) is 0 Å². The van der Waals surface area contributed by atoms with Crippen molar-refractivity contribution in [3.63, 3.8) is 0 Å². The first kappa shape index (κ1) is 14.8. The van der Waals surface area contributed by atoms with Gasteiger partial charge in [0.25, 0.3) is 5.56 Å². The lowest BCUT2D eigenvalue weighted by atomic mass is 9.93. The molecule has 110 valence electrons. The number of nitrogens with zero attached hydrogens (tertiary/aromatic N) is 1. The van der Waals surface area contributed by atoms with Crippen LogP contribution in [0.15, 0.2) is 10.9 Å². The quantitative estimate of drug-likeness (QED) is 0.900. The summed E-state index contributed by atoms with van der Waals surface area (Å²) in [5.74, 6) is -0.850. The number of aromatic nitrogens is 1. The maximum Gasteiger partial charge on any atom is 0.303 e. The number of aryl methyl sites for hydroxylation is 2. The Morgan fingerprint density at radius 3 is 2.75 bits per heavy atom. The molecule has 1 aliphatic carbocycles. The Hall–Kier alpha value is -1.58. The molecule has 1 unspecified atom stereocenters. The lowest BCUT2D eigenvalue weighted by Crippen LogP contribution is -2.31. The van der Waals surface area contributed by atoms with Crippen LogP contribution in [0.1, 0.15) is 62.4 Å². The smallest absolute Gasteiger partial charge is 0.303 e. The van der Waals surface area contributed by atoms with Crippen LogP contribution in [0, 0.1) is 0 Å². The minimum absolute atomic E-state index is 0.0150. The first-order chi connectivity index (χ1) is 9.54. The summed E-state index contributed by atoms with van der Waals surface area (Å²) in [6.07, 6.45) is 5.53. The van der Waals surface area contributed by atoms with Crippen molar-refractivity contribution in [3.05, 3.63) is 33.2 Å². The molecule has 1 aromatic heterocycles. The fourth-order valence-electron chi connectivity index (χ4n) is 2.96. The van der Waals surface area contributed by atoms with Gasteiger partial charge in [0.1, 0.15) is 0 Å². The van der Waals surface area contributed by atoms with E-state index in [2.05, 4.69) is 13.8 Å². The van der Waals surface area contributed by atoms with Gasteiger partial charge in [-0.15, -0.1) is 0 Å². The number of fused-ring (bicyclic) bond motifs is 1. The van der Waals surface area contributed by atoms with Gasteiger partial charge >= 0.3 is 5.97 Å². The van der Waals surface area contributed by atoms with E-state index in [9.17, 15) is 9.59 Å². The second-order valence-electron chi connectivity index (χ2n) is 5.67. The topological polar surface area (TPSA) is 59.3 Å². The molecule has 0 amide bonds. The highest BCUT2D eigenvalue weighted by Gasteiger charge is 2.20. The van der Waals surface area contributed by atoms with Crippen LogP contribution in [0.3, 0.4) is 0 Å². The number of pyridine rings is 1. The van der Waals surface area contributed by atoms with Gasteiger partial charge in [-0.3, -0.25) is 9.59 Å². The summed E-state index contributed by atoms with van der Waals surface area (Å²) >= 11 is 0. The number of carboxylic acids is 1. The van der Waals surface area contributed by atoms with Gasteiger partial charge in [-0.2, -0.15) is 0 Å². The first-order valence-electron chi connectivity index (χ1n) is 7.52. The molecule has 4 nitrogen and oxygen atoms in total. The van der Waals surface area contributed by atoms with Crippen LogP contribution >= 0.6 is 0 Å². The van der Waals surface area contributed by atoms with Gasteiger partial charge in [0.05, 0.1) is 0 Å². The summed E-state index contributed by atoms with van der Waals surface area (Å²) in [6.45, 7) is 4.15. The van der Waals surface area contributed by atoms with E-state index in [0.717, 1.165) is 32.1 Å². The Morgan fingerprint density at radius 1 is 1.40 bits per heavy atom. The number of hydrogen-bond donors (Lipinski definition) is 1. The number of hydrogen-bond acceptors (Lipinski definition) is 2. The third-order valence-corrected chi connectivity index (χ3v) is 4.25. The Kier molecular flexibility index (Phi) is 4.63. The highest BCUT2D eigenvalue weighted by atomic mass is 16.4. The van der Waals surface area contributed by atoms with Crippen molar-refractivity contribution in [2.75, 3.05) is 0 Å². The van der Waals surface area contributed by atoms with Crippen LogP contribution in [0.5, 0.6) is 0 Å². The zero-order valence-electron chi connectivity index (χ0n) is 12.3. The summed E-state index contributed by atoms with van der Waals surface area (Å²) in [6, 6.07) is 2.14. The van der Waals surface area contributed by atoms with E-state index in [4.69, 9.17) is 5.11 Å². The van der Waals surface area contributed by atoms with Gasteiger partial charge in [0.2, 0.25) is 0 Å². The molecule has 0 radical (unpaired) electrons. The monoisotopic (exact) mass is 277 g/mol. The fraction of sp³-hybridized carbons (Fsp3) is 0.625. The predicted molar refractivity (Wildman–Crippen MR) is 78.3 cm³/mol. The molecule has 0 aromatic carbocycles. The zero-order valence-corrected chi connectivity index (χ0v) is 12.3. The van der Waals surface area contributed by atoms with E-state index in [1.807, 2.05) is 10.6 Å². The van der Waals surface area contributed by atoms with Gasteiger partial charge < -0.3 is 9.67 Å². The summed E-state index contributed by atoms with van der Waals surface area (Å²) < 4.78 is 1.92. The number of carbonyl (C=O) groups is 1. The van der Waals surface area contributed by atoms with Gasteiger partial charge in [-0.25, -0.2) is 0 Å². The zero-order chi connectivity index (χ0) is 14.7. The number of aliphatic carboxylic acids is 1. The van der Waals surface area contributed by atoms with Gasteiger partial charge in [0, 0.05) is 23.7 Å². The van der Waals surface area contributed by atoms with E-state index >= 15 is 0 Å². The van der Waals surface area contributed by atoms with Crippen LogP contribution in [-0.2, 0) is 24.1 Å². The molecule has 1 N–H and O–H groups in total. The molecule has 0 saturated carbocycles. The van der Waals surface area contributed by atoms with Crippen molar-refractivity contribution in [1.82, 2.24) is 4.57 Å². The summed E-state index contributed by atoms with van der Waals surface area (Å²) in [7, 11) is 0. The van der Waals surface area contributed by atoms with Crippen LogP contribution < -0.4 is 5.56 Å². The minimum atomic E-state index is -0.850. The molecule has 0 bridgehead atoms. The molecule has 20 heavy (non-hydrogen) atoms. The molecule has 1 aromatic rings. The van der Waals surface area contributed by atoms with E-state index in [-0.39, 0.29) is 18.0 Å². The van der Waals surface area contributed by atoms with Crippen molar-refractivity contribution >= 4 is 5.97 Å². The second kappa shape index (κ2) is 6.25.